The van der Waals surface area contributed by atoms with Crippen molar-refractivity contribution >= 4 is 87.4 Å². The van der Waals surface area contributed by atoms with E-state index >= 15 is 0 Å². The van der Waals surface area contributed by atoms with Crippen LogP contribution < -0.4 is 9.80 Å². The quantitative estimate of drug-likeness (QED) is 0.135. The third kappa shape index (κ3) is 7.30. The zero-order chi connectivity index (χ0) is 46.4. The van der Waals surface area contributed by atoms with Gasteiger partial charge in [0.15, 0.2) is 0 Å². The van der Waals surface area contributed by atoms with Crippen LogP contribution in [0.15, 0.2) is 273 Å². The minimum Gasteiger partial charge on any atom is -0.310 e. The predicted octanol–water partition coefficient (Wildman–Crippen LogP) is 19.1. The Labute approximate surface area is 411 Å². The van der Waals surface area contributed by atoms with Gasteiger partial charge in [-0.3, -0.25) is 0 Å². The standard InChI is InChI=1S/C66H45N3S/c1-6-21-46(22-7-1)49-41-50(47-23-8-2-9-24-47)44-56(43-49)68(52-28-12-4-13-29-52)60-35-18-16-33-57(60)48-25-20-32-54(42-48)67(51-26-10-3-11-27-51)55-37-38-58-62(45-55)69(53-30-14-5-15-31-53)61-39-40-64-66(65(58)61)59-34-17-19-36-63(59)70-64/h1-45H. The maximum atomic E-state index is 2.45. The van der Waals surface area contributed by atoms with Crippen molar-refractivity contribution in [3.05, 3.63) is 273 Å². The average Bonchev–Trinajstić information content (AvgIpc) is 3.98. The van der Waals surface area contributed by atoms with Crippen LogP contribution in [-0.4, -0.2) is 4.57 Å². The maximum Gasteiger partial charge on any atom is 0.0562 e. The molecule has 2 heterocycles. The second-order valence-electron chi connectivity index (χ2n) is 17.7. The Morgan fingerprint density at radius 1 is 0.286 bits per heavy atom. The average molecular weight is 912 g/mol. The van der Waals surface area contributed by atoms with Gasteiger partial charge in [-0.25, -0.2) is 0 Å². The Morgan fingerprint density at radius 3 is 1.53 bits per heavy atom. The van der Waals surface area contributed by atoms with Crippen molar-refractivity contribution in [1.82, 2.24) is 4.57 Å². The van der Waals surface area contributed by atoms with Gasteiger partial charge >= 0.3 is 0 Å². The molecule has 13 aromatic rings. The zero-order valence-electron chi connectivity index (χ0n) is 38.2. The molecule has 11 aromatic carbocycles. The van der Waals surface area contributed by atoms with E-state index in [2.05, 4.69) is 287 Å². The Hall–Kier alpha value is -8.96. The summed E-state index contributed by atoms with van der Waals surface area (Å²) in [6, 6.07) is 99.1. The molecule has 2 aromatic heterocycles. The predicted molar refractivity (Wildman–Crippen MR) is 299 cm³/mol. The minimum atomic E-state index is 1.06. The van der Waals surface area contributed by atoms with Gasteiger partial charge in [-0.1, -0.05) is 170 Å². The lowest BCUT2D eigenvalue weighted by Crippen LogP contribution is -2.12. The molecule has 3 nitrogen and oxygen atoms in total. The van der Waals surface area contributed by atoms with E-state index in [0.29, 0.717) is 0 Å². The number of aromatic nitrogens is 1. The number of anilines is 6. The number of para-hydroxylation sites is 4. The molecule has 0 fully saturated rings. The first-order chi connectivity index (χ1) is 34.7. The first kappa shape index (κ1) is 41.2. The number of hydrogen-bond acceptors (Lipinski definition) is 3. The lowest BCUT2D eigenvalue weighted by atomic mass is 9.96. The van der Waals surface area contributed by atoms with Crippen LogP contribution in [0.1, 0.15) is 0 Å². The van der Waals surface area contributed by atoms with Crippen molar-refractivity contribution in [3.8, 4) is 39.1 Å². The highest BCUT2D eigenvalue weighted by Crippen LogP contribution is 2.47. The minimum absolute atomic E-state index is 1.06. The van der Waals surface area contributed by atoms with Crippen LogP contribution in [0.2, 0.25) is 0 Å². The Bertz CT molecular complexity index is 3940. The third-order valence-electron chi connectivity index (χ3n) is 13.5. The normalized spacial score (nSPS) is 11.4. The smallest absolute Gasteiger partial charge is 0.0562 e. The second kappa shape index (κ2) is 17.6. The van der Waals surface area contributed by atoms with Gasteiger partial charge < -0.3 is 14.4 Å². The highest BCUT2D eigenvalue weighted by molar-refractivity contribution is 7.26. The van der Waals surface area contributed by atoms with Crippen LogP contribution in [0.3, 0.4) is 0 Å². The second-order valence-corrected chi connectivity index (χ2v) is 18.8. The Morgan fingerprint density at radius 2 is 0.829 bits per heavy atom. The molecule has 0 saturated carbocycles. The third-order valence-corrected chi connectivity index (χ3v) is 14.6. The van der Waals surface area contributed by atoms with E-state index < -0.39 is 0 Å². The van der Waals surface area contributed by atoms with E-state index in [4.69, 9.17) is 0 Å². The summed E-state index contributed by atoms with van der Waals surface area (Å²) in [4.78, 5) is 4.82. The van der Waals surface area contributed by atoms with E-state index in [1.165, 1.54) is 47.6 Å². The molecule has 0 unspecified atom stereocenters. The highest BCUT2D eigenvalue weighted by Gasteiger charge is 2.23. The topological polar surface area (TPSA) is 11.4 Å². The molecule has 0 saturated heterocycles. The van der Waals surface area contributed by atoms with E-state index in [0.717, 1.165) is 67.6 Å². The van der Waals surface area contributed by atoms with Gasteiger partial charge in [0.05, 0.1) is 16.7 Å². The Kier molecular flexibility index (Phi) is 10.4. The lowest BCUT2D eigenvalue weighted by molar-refractivity contribution is 1.18. The van der Waals surface area contributed by atoms with Crippen LogP contribution in [0, 0.1) is 0 Å². The van der Waals surface area contributed by atoms with Crippen LogP contribution >= 0.6 is 11.3 Å². The molecule has 0 aliphatic rings. The lowest BCUT2D eigenvalue weighted by Gasteiger charge is -2.29. The van der Waals surface area contributed by atoms with Crippen LogP contribution in [0.4, 0.5) is 34.1 Å². The molecule has 0 atom stereocenters. The first-order valence-electron chi connectivity index (χ1n) is 23.8. The SMILES string of the molecule is c1ccc(-c2cc(-c3ccccc3)cc(N(c3ccccc3)c3ccccc3-c3cccc(N(c4ccccc4)c4ccc5c6c7c(ccc6n(-c6ccccc6)c5c4)sc4ccccc47)c3)c2)cc1. The molecule has 330 valence electrons. The number of rotatable bonds is 10. The number of fused-ring (bicyclic) bond motifs is 7. The van der Waals surface area contributed by atoms with Crippen LogP contribution in [0.5, 0.6) is 0 Å². The number of hydrogen-bond donors (Lipinski definition) is 0. The summed E-state index contributed by atoms with van der Waals surface area (Å²) in [5.74, 6) is 0. The molecule has 13 rings (SSSR count). The largest absolute Gasteiger partial charge is 0.310 e. The number of thiophene rings is 1. The van der Waals surface area contributed by atoms with Crippen molar-refractivity contribution in [2.45, 2.75) is 0 Å². The van der Waals surface area contributed by atoms with E-state index in [-0.39, 0.29) is 0 Å². The summed E-state index contributed by atoms with van der Waals surface area (Å²) in [5.41, 5.74) is 16.9. The molecule has 70 heavy (non-hydrogen) atoms. The Balaban J connectivity index is 0.994. The van der Waals surface area contributed by atoms with E-state index in [1.54, 1.807) is 0 Å². The molecule has 0 radical (unpaired) electrons. The monoisotopic (exact) mass is 911 g/mol. The summed E-state index contributed by atoms with van der Waals surface area (Å²) in [7, 11) is 0. The molecule has 0 spiro atoms. The van der Waals surface area contributed by atoms with Gasteiger partial charge in [0.1, 0.15) is 0 Å². The molecule has 0 bridgehead atoms. The van der Waals surface area contributed by atoms with Gasteiger partial charge in [-0.15, -0.1) is 11.3 Å². The number of benzene rings is 11. The first-order valence-corrected chi connectivity index (χ1v) is 24.6. The molecule has 0 aliphatic heterocycles. The van der Waals surface area contributed by atoms with Crippen molar-refractivity contribution in [2.75, 3.05) is 9.80 Å². The van der Waals surface area contributed by atoms with Gasteiger partial charge in [0.2, 0.25) is 0 Å². The number of nitrogens with zero attached hydrogens (tertiary/aromatic N) is 3. The molecule has 4 heteroatoms. The maximum absolute atomic E-state index is 2.45. The van der Waals surface area contributed by atoms with Gasteiger partial charge in [0.25, 0.3) is 0 Å². The van der Waals surface area contributed by atoms with E-state index in [9.17, 15) is 0 Å². The zero-order valence-corrected chi connectivity index (χ0v) is 39.0. The van der Waals surface area contributed by atoms with Crippen LogP contribution in [-0.2, 0) is 0 Å². The summed E-state index contributed by atoms with van der Waals surface area (Å²) in [6.07, 6.45) is 0. The summed E-state index contributed by atoms with van der Waals surface area (Å²) >= 11 is 1.87. The molecule has 0 N–H and O–H groups in total. The van der Waals surface area contributed by atoms with Gasteiger partial charge in [-0.05, 0) is 131 Å². The summed E-state index contributed by atoms with van der Waals surface area (Å²) < 4.78 is 5.06. The van der Waals surface area contributed by atoms with Crippen molar-refractivity contribution in [3.63, 3.8) is 0 Å². The van der Waals surface area contributed by atoms with Crippen molar-refractivity contribution < 1.29 is 0 Å². The molecular weight excluding hydrogens is 867 g/mol. The van der Waals surface area contributed by atoms with Crippen molar-refractivity contribution in [1.29, 1.82) is 0 Å². The fraction of sp³-hybridized carbons (Fsp3) is 0. The summed E-state index contributed by atoms with van der Waals surface area (Å²) in [5, 5.41) is 5.15. The highest BCUT2D eigenvalue weighted by atomic mass is 32.1. The molecule has 0 amide bonds. The fourth-order valence-corrected chi connectivity index (χ4v) is 11.5. The summed E-state index contributed by atoms with van der Waals surface area (Å²) in [6.45, 7) is 0. The van der Waals surface area contributed by atoms with E-state index in [1.807, 2.05) is 11.3 Å². The van der Waals surface area contributed by atoms with Gasteiger partial charge in [0, 0.05) is 70.6 Å². The fourth-order valence-electron chi connectivity index (χ4n) is 10.4. The molecular formula is C66H45N3S. The van der Waals surface area contributed by atoms with Crippen LogP contribution in [0.25, 0.3) is 81.0 Å². The van der Waals surface area contributed by atoms with Crippen molar-refractivity contribution in [2.24, 2.45) is 0 Å². The van der Waals surface area contributed by atoms with Gasteiger partial charge in [-0.2, -0.15) is 0 Å². The molecule has 0 aliphatic carbocycles.